The molecule has 0 spiro atoms. The van der Waals surface area contributed by atoms with E-state index in [0.29, 0.717) is 0 Å². The Morgan fingerprint density at radius 3 is 2.74 bits per heavy atom. The van der Waals surface area contributed by atoms with E-state index in [1.165, 1.54) is 27.7 Å². The summed E-state index contributed by atoms with van der Waals surface area (Å²) in [6, 6.07) is 8.49. The van der Waals surface area contributed by atoms with Crippen LogP contribution in [0.2, 0.25) is 0 Å². The topological polar surface area (TPSA) is 70.0 Å². The minimum absolute atomic E-state index is 0.846. The Balaban J connectivity index is 1.43. The zero-order valence-electron chi connectivity index (χ0n) is 16.8. The molecule has 0 atom stereocenters. The highest BCUT2D eigenvalue weighted by Crippen LogP contribution is 2.22. The van der Waals surface area contributed by atoms with Gasteiger partial charge in [-0.3, -0.25) is 9.67 Å². The molecule has 0 fully saturated rings. The van der Waals surface area contributed by atoms with Gasteiger partial charge in [0.25, 0.3) is 0 Å². The Labute approximate surface area is 161 Å². The summed E-state index contributed by atoms with van der Waals surface area (Å²) in [6.45, 7) is 8.92. The maximum Gasteiger partial charge on any atom is 0.190 e. The number of benzene rings is 1. The largest absolute Gasteiger partial charge is 0.361 e. The number of nitrogens with zero attached hydrogens (tertiary/aromatic N) is 3. The lowest BCUT2D eigenvalue weighted by molar-refractivity contribution is 0.555. The van der Waals surface area contributed by atoms with Crippen molar-refractivity contribution in [2.24, 2.45) is 4.99 Å². The van der Waals surface area contributed by atoms with Crippen molar-refractivity contribution in [1.29, 1.82) is 0 Å². The van der Waals surface area contributed by atoms with Crippen molar-refractivity contribution in [1.82, 2.24) is 25.4 Å². The van der Waals surface area contributed by atoms with Crippen molar-refractivity contribution in [3.63, 3.8) is 0 Å². The molecule has 0 aliphatic heterocycles. The Morgan fingerprint density at radius 1 is 1.19 bits per heavy atom. The molecule has 0 saturated heterocycles. The van der Waals surface area contributed by atoms with E-state index in [1.807, 2.05) is 14.0 Å². The SMILES string of the molecule is CN=C(NCCCn1nc(C)cc1C)NCCc1c[nH]c2cccc(C)c12. The van der Waals surface area contributed by atoms with E-state index in [1.54, 1.807) is 0 Å². The molecule has 2 aromatic heterocycles. The third-order valence-corrected chi connectivity index (χ3v) is 4.85. The quantitative estimate of drug-likeness (QED) is 0.342. The zero-order chi connectivity index (χ0) is 19.2. The van der Waals surface area contributed by atoms with Crippen LogP contribution in [0.4, 0.5) is 0 Å². The van der Waals surface area contributed by atoms with E-state index in [9.17, 15) is 0 Å². The molecule has 0 unspecified atom stereocenters. The van der Waals surface area contributed by atoms with Gasteiger partial charge >= 0.3 is 0 Å². The van der Waals surface area contributed by atoms with E-state index in [-0.39, 0.29) is 0 Å². The fourth-order valence-corrected chi connectivity index (χ4v) is 3.52. The lowest BCUT2D eigenvalue weighted by atomic mass is 10.1. The molecule has 0 amide bonds. The molecule has 0 bridgehead atoms. The van der Waals surface area contributed by atoms with Crippen LogP contribution in [0.1, 0.15) is 28.9 Å². The summed E-state index contributed by atoms with van der Waals surface area (Å²) >= 11 is 0. The van der Waals surface area contributed by atoms with Gasteiger partial charge in [0.15, 0.2) is 5.96 Å². The minimum atomic E-state index is 0.846. The number of hydrogen-bond acceptors (Lipinski definition) is 2. The summed E-state index contributed by atoms with van der Waals surface area (Å²) in [5, 5.41) is 12.6. The standard InChI is InChI=1S/C21H30N6/c1-15-7-5-8-19-20(15)18(14-25-19)9-11-24-21(22-4)23-10-6-12-27-17(3)13-16(2)26-27/h5,7-8,13-14,25H,6,9-12H2,1-4H3,(H2,22,23,24). The van der Waals surface area contributed by atoms with Crippen LogP contribution in [-0.2, 0) is 13.0 Å². The van der Waals surface area contributed by atoms with E-state index in [2.05, 4.69) is 74.7 Å². The van der Waals surface area contributed by atoms with Gasteiger partial charge in [0.05, 0.1) is 5.69 Å². The molecule has 3 N–H and O–H groups in total. The molecule has 0 aliphatic carbocycles. The molecule has 3 rings (SSSR count). The number of guanidine groups is 1. The van der Waals surface area contributed by atoms with Crippen LogP contribution in [-0.4, -0.2) is 40.9 Å². The third-order valence-electron chi connectivity index (χ3n) is 4.85. The Kier molecular flexibility index (Phi) is 6.16. The number of aromatic amines is 1. The predicted octanol–water partition coefficient (Wildman–Crippen LogP) is 3.09. The summed E-state index contributed by atoms with van der Waals surface area (Å²) in [7, 11) is 1.81. The average Bonchev–Trinajstić information content (AvgIpc) is 3.20. The lowest BCUT2D eigenvalue weighted by Crippen LogP contribution is -2.39. The second kappa shape index (κ2) is 8.75. The molecule has 2 heterocycles. The molecule has 1 aromatic carbocycles. The molecule has 0 aliphatic rings. The maximum absolute atomic E-state index is 4.50. The first-order valence-electron chi connectivity index (χ1n) is 9.59. The number of rotatable bonds is 7. The summed E-state index contributed by atoms with van der Waals surface area (Å²) in [6.07, 6.45) is 4.07. The smallest absolute Gasteiger partial charge is 0.190 e. The van der Waals surface area contributed by atoms with Gasteiger partial charge in [0.2, 0.25) is 0 Å². The van der Waals surface area contributed by atoms with Crippen LogP contribution in [0, 0.1) is 20.8 Å². The van der Waals surface area contributed by atoms with Crippen molar-refractivity contribution in [2.45, 2.75) is 40.2 Å². The first-order chi connectivity index (χ1) is 13.1. The normalized spacial score (nSPS) is 11.9. The van der Waals surface area contributed by atoms with Crippen molar-refractivity contribution in [3.8, 4) is 0 Å². The van der Waals surface area contributed by atoms with E-state index in [4.69, 9.17) is 0 Å². The number of nitrogens with one attached hydrogen (secondary N) is 3. The molecule has 3 aromatic rings. The van der Waals surface area contributed by atoms with Crippen molar-refractivity contribution in [3.05, 3.63) is 53.0 Å². The molecule has 6 nitrogen and oxygen atoms in total. The van der Waals surface area contributed by atoms with Gasteiger partial charge in [-0.05, 0) is 56.9 Å². The van der Waals surface area contributed by atoms with Crippen LogP contribution in [0.5, 0.6) is 0 Å². The summed E-state index contributed by atoms with van der Waals surface area (Å²) < 4.78 is 2.06. The Bertz CT molecular complexity index is 918. The van der Waals surface area contributed by atoms with Gasteiger partial charge in [0, 0.05) is 49.5 Å². The van der Waals surface area contributed by atoms with Crippen molar-refractivity contribution >= 4 is 16.9 Å². The number of H-pyrrole nitrogens is 1. The molecule has 0 radical (unpaired) electrons. The first-order valence-corrected chi connectivity index (χ1v) is 9.59. The number of aromatic nitrogens is 3. The summed E-state index contributed by atoms with van der Waals surface area (Å²) in [4.78, 5) is 7.68. The fraction of sp³-hybridized carbons (Fsp3) is 0.429. The minimum Gasteiger partial charge on any atom is -0.361 e. The van der Waals surface area contributed by atoms with Gasteiger partial charge in [-0.15, -0.1) is 0 Å². The first kappa shape index (κ1) is 19.0. The number of aryl methyl sites for hydroxylation is 4. The predicted molar refractivity (Wildman–Crippen MR) is 112 cm³/mol. The number of hydrogen-bond donors (Lipinski definition) is 3. The molecule has 0 saturated carbocycles. The van der Waals surface area contributed by atoms with Gasteiger partial charge in [-0.2, -0.15) is 5.10 Å². The van der Waals surface area contributed by atoms with Crippen LogP contribution in [0.15, 0.2) is 35.5 Å². The Morgan fingerprint density at radius 2 is 2.00 bits per heavy atom. The van der Waals surface area contributed by atoms with Gasteiger partial charge in [0.1, 0.15) is 0 Å². The van der Waals surface area contributed by atoms with E-state index >= 15 is 0 Å². The van der Waals surface area contributed by atoms with Gasteiger partial charge in [-0.25, -0.2) is 0 Å². The monoisotopic (exact) mass is 366 g/mol. The third kappa shape index (κ3) is 4.70. The molecule has 144 valence electrons. The van der Waals surface area contributed by atoms with Crippen LogP contribution in [0.25, 0.3) is 10.9 Å². The fourth-order valence-electron chi connectivity index (χ4n) is 3.52. The van der Waals surface area contributed by atoms with Crippen LogP contribution >= 0.6 is 0 Å². The number of fused-ring (bicyclic) bond motifs is 1. The zero-order valence-corrected chi connectivity index (χ0v) is 16.8. The lowest BCUT2D eigenvalue weighted by Gasteiger charge is -2.12. The van der Waals surface area contributed by atoms with Crippen molar-refractivity contribution < 1.29 is 0 Å². The summed E-state index contributed by atoms with van der Waals surface area (Å²) in [5.41, 5.74) is 6.15. The summed E-state index contributed by atoms with van der Waals surface area (Å²) in [5.74, 6) is 0.847. The van der Waals surface area contributed by atoms with Gasteiger partial charge < -0.3 is 15.6 Å². The molecule has 6 heteroatoms. The molecule has 27 heavy (non-hydrogen) atoms. The molecular formula is C21H30N6. The van der Waals surface area contributed by atoms with Crippen molar-refractivity contribution in [2.75, 3.05) is 20.1 Å². The van der Waals surface area contributed by atoms with Crippen LogP contribution in [0.3, 0.4) is 0 Å². The van der Waals surface area contributed by atoms with E-state index in [0.717, 1.165) is 44.1 Å². The number of aliphatic imine (C=N–C) groups is 1. The van der Waals surface area contributed by atoms with Crippen LogP contribution < -0.4 is 10.6 Å². The highest BCUT2D eigenvalue weighted by molar-refractivity contribution is 5.86. The van der Waals surface area contributed by atoms with E-state index < -0.39 is 0 Å². The second-order valence-corrected chi connectivity index (χ2v) is 6.99. The maximum atomic E-state index is 4.50. The average molecular weight is 367 g/mol. The highest BCUT2D eigenvalue weighted by atomic mass is 15.3. The Hall–Kier alpha value is -2.76. The highest BCUT2D eigenvalue weighted by Gasteiger charge is 2.06. The molecular weight excluding hydrogens is 336 g/mol. The van der Waals surface area contributed by atoms with Gasteiger partial charge in [-0.1, -0.05) is 12.1 Å². The second-order valence-electron chi connectivity index (χ2n) is 6.99.